The Bertz CT molecular complexity index is 988. The number of rotatable bonds is 4. The Kier molecular flexibility index (Phi) is 5.03. The first-order valence-corrected chi connectivity index (χ1v) is 10.1. The van der Waals surface area contributed by atoms with Crippen molar-refractivity contribution in [2.75, 3.05) is 17.2 Å². The molecule has 8 heteroatoms. The molecule has 128 valence electrons. The number of aromatic nitrogens is 1. The molecule has 0 saturated carbocycles. The van der Waals surface area contributed by atoms with E-state index in [-0.39, 0.29) is 5.91 Å². The van der Waals surface area contributed by atoms with Crippen LogP contribution in [-0.4, -0.2) is 31.2 Å². The van der Waals surface area contributed by atoms with Gasteiger partial charge in [-0.2, -0.15) is 5.11 Å². The van der Waals surface area contributed by atoms with Crippen molar-refractivity contribution in [3.8, 4) is 0 Å². The summed E-state index contributed by atoms with van der Waals surface area (Å²) in [6.07, 6.45) is 2.04. The Morgan fingerprint density at radius 1 is 1.31 bits per heavy atom. The van der Waals surface area contributed by atoms with E-state index in [0.29, 0.717) is 11.4 Å². The van der Waals surface area contributed by atoms with Crippen molar-refractivity contribution in [3.63, 3.8) is 0 Å². The number of carbonyl (C=O) groups is 1. The summed E-state index contributed by atoms with van der Waals surface area (Å²) in [5, 5.41) is 7.12. The van der Waals surface area contributed by atoms with Crippen molar-refractivity contribution >= 4 is 58.6 Å². The van der Waals surface area contributed by atoms with E-state index in [2.05, 4.69) is 21.2 Å². The van der Waals surface area contributed by atoms with Crippen LogP contribution in [0.4, 0.5) is 11.4 Å². The number of hydrogen-bond donors (Lipinski definition) is 0. The van der Waals surface area contributed by atoms with Gasteiger partial charge in [0.25, 0.3) is 7.98 Å². The maximum Gasteiger partial charge on any atom is 0.293 e. The first-order valence-electron chi connectivity index (χ1n) is 8.27. The fourth-order valence-corrected chi connectivity index (χ4v) is 5.00. The maximum absolute atomic E-state index is 12.7. The highest BCUT2D eigenvalue weighted by atomic mass is 32.2. The maximum atomic E-state index is 12.7. The standard InChI is InChI=1S/C18H15BN4OS2/c19-22-21-13-7-8-16-14(10-13)20-18(26-16)25-11-17(24)23-9-3-5-12-4-1-2-6-15(12)23/h1-2,4,6-8,10H,3,5,9,11H2. The lowest BCUT2D eigenvalue weighted by Gasteiger charge is -2.29. The Balaban J connectivity index is 1.47. The van der Waals surface area contributed by atoms with Gasteiger partial charge in [-0.05, 0) is 42.7 Å². The molecule has 1 aliphatic heterocycles. The topological polar surface area (TPSA) is 57.9 Å². The van der Waals surface area contributed by atoms with Gasteiger partial charge in [-0.15, -0.1) is 11.3 Å². The molecule has 5 nitrogen and oxygen atoms in total. The van der Waals surface area contributed by atoms with Crippen LogP contribution in [0.3, 0.4) is 0 Å². The minimum atomic E-state index is 0.124. The zero-order valence-corrected chi connectivity index (χ0v) is 15.6. The molecule has 0 saturated heterocycles. The average Bonchev–Trinajstić information content (AvgIpc) is 3.08. The van der Waals surface area contributed by atoms with E-state index in [0.717, 1.165) is 39.6 Å². The van der Waals surface area contributed by atoms with Gasteiger partial charge in [-0.3, -0.25) is 9.82 Å². The molecule has 2 radical (unpaired) electrons. The molecule has 3 aromatic rings. The molecule has 2 aromatic carbocycles. The summed E-state index contributed by atoms with van der Waals surface area (Å²) in [6.45, 7) is 0.781. The highest BCUT2D eigenvalue weighted by molar-refractivity contribution is 8.01. The minimum absolute atomic E-state index is 0.124. The van der Waals surface area contributed by atoms with Crippen LogP contribution in [0, 0.1) is 0 Å². The minimum Gasteiger partial charge on any atom is -0.311 e. The van der Waals surface area contributed by atoms with Crippen LogP contribution in [0.1, 0.15) is 12.0 Å². The quantitative estimate of drug-likeness (QED) is 0.381. The monoisotopic (exact) mass is 378 g/mol. The molecule has 1 aliphatic rings. The van der Waals surface area contributed by atoms with Gasteiger partial charge in [0.1, 0.15) is 0 Å². The van der Waals surface area contributed by atoms with E-state index in [9.17, 15) is 4.79 Å². The Labute approximate surface area is 161 Å². The first kappa shape index (κ1) is 17.2. The second-order valence-corrected chi connectivity index (χ2v) is 8.17. The molecule has 0 N–H and O–H groups in total. The number of carbonyl (C=O) groups excluding carboxylic acids is 1. The third-order valence-electron chi connectivity index (χ3n) is 4.26. The fraction of sp³-hybridized carbons (Fsp3) is 0.222. The number of anilines is 1. The number of thioether (sulfide) groups is 1. The molecule has 0 bridgehead atoms. The lowest BCUT2D eigenvalue weighted by atomic mass is 10.0. The first-order chi connectivity index (χ1) is 12.7. The van der Waals surface area contributed by atoms with Crippen molar-refractivity contribution in [2.24, 2.45) is 10.1 Å². The van der Waals surface area contributed by atoms with E-state index in [1.54, 1.807) is 11.3 Å². The van der Waals surface area contributed by atoms with Gasteiger partial charge in [0.15, 0.2) is 4.34 Å². The van der Waals surface area contributed by atoms with Gasteiger partial charge >= 0.3 is 0 Å². The Morgan fingerprint density at radius 3 is 3.08 bits per heavy atom. The SMILES string of the molecule is [B]N=Nc1ccc2sc(SCC(=O)N3CCCc4ccccc43)nc2c1. The molecule has 0 fully saturated rings. The molecule has 1 aromatic heterocycles. The zero-order chi connectivity index (χ0) is 17.9. The molecule has 1 amide bonds. The van der Waals surface area contributed by atoms with Crippen LogP contribution in [-0.2, 0) is 11.2 Å². The Hall–Kier alpha value is -2.19. The fourth-order valence-electron chi connectivity index (χ4n) is 3.08. The number of benzene rings is 2. The molecule has 0 aliphatic carbocycles. The van der Waals surface area contributed by atoms with Gasteiger partial charge in [0.05, 0.1) is 21.7 Å². The van der Waals surface area contributed by atoms with Gasteiger partial charge in [0, 0.05) is 12.2 Å². The smallest absolute Gasteiger partial charge is 0.293 e. The number of thiazole rings is 1. The predicted octanol–water partition coefficient (Wildman–Crippen LogP) is 4.54. The highest BCUT2D eigenvalue weighted by Crippen LogP contribution is 2.33. The van der Waals surface area contributed by atoms with Gasteiger partial charge in [0.2, 0.25) is 5.91 Å². The van der Waals surface area contributed by atoms with Gasteiger partial charge < -0.3 is 4.90 Å². The average molecular weight is 378 g/mol. The highest BCUT2D eigenvalue weighted by Gasteiger charge is 2.22. The van der Waals surface area contributed by atoms with Crippen molar-refractivity contribution in [1.29, 1.82) is 0 Å². The molecular formula is C18H15BN4OS2. The van der Waals surface area contributed by atoms with E-state index in [4.69, 9.17) is 7.98 Å². The summed E-state index contributed by atoms with van der Waals surface area (Å²) >= 11 is 3.06. The number of amides is 1. The summed E-state index contributed by atoms with van der Waals surface area (Å²) < 4.78 is 1.93. The van der Waals surface area contributed by atoms with Crippen LogP contribution in [0.25, 0.3) is 10.2 Å². The predicted molar refractivity (Wildman–Crippen MR) is 108 cm³/mol. The summed E-state index contributed by atoms with van der Waals surface area (Å²) in [5.74, 6) is 0.503. The molecule has 26 heavy (non-hydrogen) atoms. The van der Waals surface area contributed by atoms with Gasteiger partial charge in [-0.1, -0.05) is 30.0 Å². The number of para-hydroxylation sites is 1. The van der Waals surface area contributed by atoms with Crippen LogP contribution in [0.2, 0.25) is 0 Å². The molecule has 2 heterocycles. The van der Waals surface area contributed by atoms with E-state index < -0.39 is 0 Å². The van der Waals surface area contributed by atoms with Crippen molar-refractivity contribution < 1.29 is 4.79 Å². The second kappa shape index (κ2) is 7.59. The van der Waals surface area contributed by atoms with Crippen LogP contribution < -0.4 is 4.90 Å². The van der Waals surface area contributed by atoms with Crippen LogP contribution >= 0.6 is 23.1 Å². The normalized spacial score (nSPS) is 14.1. The van der Waals surface area contributed by atoms with E-state index in [1.807, 2.05) is 41.3 Å². The van der Waals surface area contributed by atoms with Gasteiger partial charge in [-0.25, -0.2) is 4.98 Å². The van der Waals surface area contributed by atoms with Crippen molar-refractivity contribution in [3.05, 3.63) is 48.0 Å². The lowest BCUT2D eigenvalue weighted by Crippen LogP contribution is -2.36. The third-order valence-corrected chi connectivity index (χ3v) is 6.42. The zero-order valence-electron chi connectivity index (χ0n) is 14.0. The number of aryl methyl sites for hydroxylation is 1. The third kappa shape index (κ3) is 3.52. The van der Waals surface area contributed by atoms with Crippen molar-refractivity contribution in [1.82, 2.24) is 4.98 Å². The summed E-state index contributed by atoms with van der Waals surface area (Å²) in [6, 6.07) is 13.8. The summed E-state index contributed by atoms with van der Waals surface area (Å²) in [7, 11) is 5.09. The molecule has 0 spiro atoms. The van der Waals surface area contributed by atoms with Crippen LogP contribution in [0.15, 0.2) is 56.9 Å². The summed E-state index contributed by atoms with van der Waals surface area (Å²) in [5.41, 5.74) is 3.81. The molecular weight excluding hydrogens is 363 g/mol. The van der Waals surface area contributed by atoms with Crippen LogP contribution in [0.5, 0.6) is 0 Å². The number of nitrogens with zero attached hydrogens (tertiary/aromatic N) is 4. The molecule has 0 atom stereocenters. The van der Waals surface area contributed by atoms with Crippen molar-refractivity contribution in [2.45, 2.75) is 17.2 Å². The Morgan fingerprint density at radius 2 is 2.19 bits per heavy atom. The summed E-state index contributed by atoms with van der Waals surface area (Å²) in [4.78, 5) is 19.2. The largest absolute Gasteiger partial charge is 0.311 e. The molecule has 0 unspecified atom stereocenters. The lowest BCUT2D eigenvalue weighted by molar-refractivity contribution is -0.116. The van der Waals surface area contributed by atoms with E-state index >= 15 is 0 Å². The number of hydrogen-bond acceptors (Lipinski definition) is 6. The number of fused-ring (bicyclic) bond motifs is 2. The molecule has 4 rings (SSSR count). The second-order valence-electron chi connectivity index (χ2n) is 5.91. The van der Waals surface area contributed by atoms with E-state index in [1.165, 1.54) is 17.3 Å².